The van der Waals surface area contributed by atoms with Gasteiger partial charge in [-0.2, -0.15) is 0 Å². The summed E-state index contributed by atoms with van der Waals surface area (Å²) in [5.74, 6) is 1.48. The molecule has 3 heteroatoms. The van der Waals surface area contributed by atoms with Crippen LogP contribution in [0.15, 0.2) is 0 Å². The summed E-state index contributed by atoms with van der Waals surface area (Å²) in [4.78, 5) is 14.2. The van der Waals surface area contributed by atoms with Crippen molar-refractivity contribution >= 4 is 5.91 Å². The first-order chi connectivity index (χ1) is 6.78. The molecule has 1 amide bonds. The van der Waals surface area contributed by atoms with Gasteiger partial charge in [-0.15, -0.1) is 0 Å². The van der Waals surface area contributed by atoms with E-state index >= 15 is 0 Å². The van der Waals surface area contributed by atoms with Crippen molar-refractivity contribution in [3.63, 3.8) is 0 Å². The van der Waals surface area contributed by atoms with E-state index in [4.69, 9.17) is 5.73 Å². The van der Waals surface area contributed by atoms with Crippen LogP contribution in [0.25, 0.3) is 0 Å². The zero-order valence-electron chi connectivity index (χ0n) is 8.54. The SMILES string of the molecule is NCC12CCC1CCN2C(=O)C1CC1. The average molecular weight is 194 g/mol. The van der Waals surface area contributed by atoms with Crippen LogP contribution >= 0.6 is 0 Å². The van der Waals surface area contributed by atoms with E-state index in [1.807, 2.05) is 0 Å². The third kappa shape index (κ3) is 0.937. The van der Waals surface area contributed by atoms with E-state index in [0.717, 1.165) is 31.7 Å². The minimum atomic E-state index is 0.0969. The van der Waals surface area contributed by atoms with Gasteiger partial charge in [0.05, 0.1) is 5.54 Å². The number of carbonyl (C=O) groups is 1. The molecule has 2 aliphatic carbocycles. The molecule has 1 saturated heterocycles. The van der Waals surface area contributed by atoms with Crippen LogP contribution in [0.4, 0.5) is 0 Å². The lowest BCUT2D eigenvalue weighted by molar-refractivity contribution is -0.140. The highest BCUT2D eigenvalue weighted by Crippen LogP contribution is 2.51. The van der Waals surface area contributed by atoms with E-state index in [1.54, 1.807) is 0 Å². The van der Waals surface area contributed by atoms with Crippen molar-refractivity contribution in [3.8, 4) is 0 Å². The molecular formula is C11H18N2O. The van der Waals surface area contributed by atoms with Crippen LogP contribution in [0.2, 0.25) is 0 Å². The maximum atomic E-state index is 12.0. The molecule has 78 valence electrons. The van der Waals surface area contributed by atoms with Gasteiger partial charge in [-0.3, -0.25) is 4.79 Å². The minimum Gasteiger partial charge on any atom is -0.335 e. The van der Waals surface area contributed by atoms with Gasteiger partial charge in [0.2, 0.25) is 5.91 Å². The van der Waals surface area contributed by atoms with E-state index in [0.29, 0.717) is 18.4 Å². The summed E-state index contributed by atoms with van der Waals surface area (Å²) in [6.45, 7) is 1.65. The first kappa shape index (κ1) is 8.72. The predicted octanol–water partition coefficient (Wildman–Crippen LogP) is 0.736. The van der Waals surface area contributed by atoms with Gasteiger partial charge in [-0.25, -0.2) is 0 Å². The summed E-state index contributed by atoms with van der Waals surface area (Å²) < 4.78 is 0. The molecule has 0 radical (unpaired) electrons. The second-order valence-corrected chi connectivity index (χ2v) is 5.10. The van der Waals surface area contributed by atoms with E-state index in [1.165, 1.54) is 12.8 Å². The molecule has 0 bridgehead atoms. The van der Waals surface area contributed by atoms with Crippen LogP contribution in [0.5, 0.6) is 0 Å². The molecule has 14 heavy (non-hydrogen) atoms. The zero-order valence-corrected chi connectivity index (χ0v) is 8.54. The summed E-state index contributed by atoms with van der Waals surface area (Å²) in [5.41, 5.74) is 5.96. The number of carbonyl (C=O) groups excluding carboxylic acids is 1. The summed E-state index contributed by atoms with van der Waals surface area (Å²) in [7, 11) is 0. The Kier molecular flexibility index (Phi) is 1.69. The minimum absolute atomic E-state index is 0.0969. The monoisotopic (exact) mass is 194 g/mol. The molecule has 2 unspecified atom stereocenters. The lowest BCUT2D eigenvalue weighted by Gasteiger charge is -2.49. The third-order valence-electron chi connectivity index (χ3n) is 4.47. The Morgan fingerprint density at radius 1 is 1.36 bits per heavy atom. The highest BCUT2D eigenvalue weighted by atomic mass is 16.2. The molecule has 3 fully saturated rings. The van der Waals surface area contributed by atoms with Gasteiger partial charge in [0.25, 0.3) is 0 Å². The normalized spacial score (nSPS) is 40.6. The third-order valence-corrected chi connectivity index (χ3v) is 4.47. The maximum absolute atomic E-state index is 12.0. The van der Waals surface area contributed by atoms with E-state index in [-0.39, 0.29) is 5.54 Å². The van der Waals surface area contributed by atoms with Crippen molar-refractivity contribution in [3.05, 3.63) is 0 Å². The van der Waals surface area contributed by atoms with Crippen molar-refractivity contribution in [2.75, 3.05) is 13.1 Å². The zero-order chi connectivity index (χ0) is 9.76. The van der Waals surface area contributed by atoms with E-state index < -0.39 is 0 Å². The van der Waals surface area contributed by atoms with Crippen molar-refractivity contribution in [1.82, 2.24) is 4.90 Å². The van der Waals surface area contributed by atoms with Gasteiger partial charge in [-0.1, -0.05) is 0 Å². The molecule has 1 aliphatic heterocycles. The molecule has 0 aromatic carbocycles. The number of nitrogens with zero attached hydrogens (tertiary/aromatic N) is 1. The highest BCUT2D eigenvalue weighted by molar-refractivity contribution is 5.82. The Morgan fingerprint density at radius 3 is 2.64 bits per heavy atom. The number of nitrogens with two attached hydrogens (primary N) is 1. The number of rotatable bonds is 2. The Labute approximate surface area is 84.6 Å². The van der Waals surface area contributed by atoms with Crippen molar-refractivity contribution in [1.29, 1.82) is 0 Å². The van der Waals surface area contributed by atoms with Crippen LogP contribution in [-0.2, 0) is 4.79 Å². The average Bonchev–Trinajstić information content (AvgIpc) is 2.94. The first-order valence-corrected chi connectivity index (χ1v) is 5.79. The summed E-state index contributed by atoms with van der Waals surface area (Å²) >= 11 is 0. The van der Waals surface area contributed by atoms with Crippen molar-refractivity contribution in [2.24, 2.45) is 17.6 Å². The molecule has 3 rings (SSSR count). The number of fused-ring (bicyclic) bond motifs is 1. The van der Waals surface area contributed by atoms with Gasteiger partial charge in [0, 0.05) is 19.0 Å². The second kappa shape index (κ2) is 2.72. The fourth-order valence-corrected chi connectivity index (χ4v) is 3.22. The lowest BCUT2D eigenvalue weighted by Crippen LogP contribution is -2.61. The van der Waals surface area contributed by atoms with Crippen LogP contribution in [0.3, 0.4) is 0 Å². The van der Waals surface area contributed by atoms with Crippen molar-refractivity contribution < 1.29 is 4.79 Å². The second-order valence-electron chi connectivity index (χ2n) is 5.10. The topological polar surface area (TPSA) is 46.3 Å². The van der Waals surface area contributed by atoms with Crippen molar-refractivity contribution in [2.45, 2.75) is 37.6 Å². The molecule has 0 aromatic heterocycles. The van der Waals surface area contributed by atoms with Gasteiger partial charge in [-0.05, 0) is 38.0 Å². The van der Waals surface area contributed by atoms with Crippen LogP contribution < -0.4 is 5.73 Å². The molecular weight excluding hydrogens is 176 g/mol. The molecule has 0 aromatic rings. The fraction of sp³-hybridized carbons (Fsp3) is 0.909. The summed E-state index contributed by atoms with van der Waals surface area (Å²) in [5, 5.41) is 0. The quantitative estimate of drug-likeness (QED) is 0.704. The summed E-state index contributed by atoms with van der Waals surface area (Å²) in [6, 6.07) is 0. The molecule has 2 saturated carbocycles. The number of amides is 1. The van der Waals surface area contributed by atoms with E-state index in [9.17, 15) is 4.79 Å². The smallest absolute Gasteiger partial charge is 0.226 e. The molecule has 3 aliphatic rings. The maximum Gasteiger partial charge on any atom is 0.226 e. The van der Waals surface area contributed by atoms with Crippen LogP contribution in [-0.4, -0.2) is 29.4 Å². The molecule has 2 N–H and O–H groups in total. The molecule has 2 atom stereocenters. The predicted molar refractivity (Wildman–Crippen MR) is 53.6 cm³/mol. The van der Waals surface area contributed by atoms with Gasteiger partial charge in [0.1, 0.15) is 0 Å². The van der Waals surface area contributed by atoms with Gasteiger partial charge >= 0.3 is 0 Å². The first-order valence-electron chi connectivity index (χ1n) is 5.79. The lowest BCUT2D eigenvalue weighted by atomic mass is 9.67. The number of hydrogen-bond acceptors (Lipinski definition) is 2. The largest absolute Gasteiger partial charge is 0.335 e. The van der Waals surface area contributed by atoms with Gasteiger partial charge < -0.3 is 10.6 Å². The standard InChI is InChI=1S/C11H18N2O/c12-7-11-5-3-9(11)4-6-13(11)10(14)8-1-2-8/h8-9H,1-7,12H2. The van der Waals surface area contributed by atoms with Crippen LogP contribution in [0.1, 0.15) is 32.1 Å². The van der Waals surface area contributed by atoms with Gasteiger partial charge in [0.15, 0.2) is 0 Å². The number of hydrogen-bond donors (Lipinski definition) is 1. The Balaban J connectivity index is 1.81. The highest BCUT2D eigenvalue weighted by Gasteiger charge is 2.56. The number of likely N-dealkylation sites (tertiary alicyclic amines) is 1. The molecule has 1 heterocycles. The Hall–Kier alpha value is -0.570. The Bertz CT molecular complexity index is 270. The summed E-state index contributed by atoms with van der Waals surface area (Å²) in [6.07, 6.45) is 5.84. The van der Waals surface area contributed by atoms with E-state index in [2.05, 4.69) is 4.90 Å². The Morgan fingerprint density at radius 2 is 2.14 bits per heavy atom. The molecule has 0 spiro atoms. The van der Waals surface area contributed by atoms with Crippen LogP contribution in [0, 0.1) is 11.8 Å². The molecule has 3 nitrogen and oxygen atoms in total. The fourth-order valence-electron chi connectivity index (χ4n) is 3.22.